The first-order valence-electron chi connectivity index (χ1n) is 7.27. The molecule has 0 fully saturated rings. The van der Waals surface area contributed by atoms with Crippen LogP contribution in [0.15, 0.2) is 36.1 Å². The van der Waals surface area contributed by atoms with E-state index in [1.165, 1.54) is 0 Å². The molecule has 0 unspecified atom stereocenters. The first kappa shape index (κ1) is 15.6. The summed E-state index contributed by atoms with van der Waals surface area (Å²) in [6, 6.07) is 7.69. The minimum absolute atomic E-state index is 0.00417. The molecule has 1 aromatic rings. The Morgan fingerprint density at radius 3 is 2.52 bits per heavy atom. The van der Waals surface area contributed by atoms with Crippen LogP contribution in [0, 0.1) is 5.92 Å². The monoisotopic (exact) mass is 290 g/mol. The van der Waals surface area contributed by atoms with Crippen molar-refractivity contribution < 1.29 is 19.7 Å². The minimum Gasteiger partial charge on any atom is -0.512 e. The number of carbonyl (C=O) groups excluding carboxylic acids is 1. The van der Waals surface area contributed by atoms with Crippen molar-refractivity contribution in [2.24, 2.45) is 5.92 Å². The van der Waals surface area contributed by atoms with Gasteiger partial charge in [0.25, 0.3) is 0 Å². The first-order valence-corrected chi connectivity index (χ1v) is 7.27. The maximum atomic E-state index is 11.6. The van der Waals surface area contributed by atoms with E-state index in [1.54, 1.807) is 0 Å². The van der Waals surface area contributed by atoms with E-state index in [1.807, 2.05) is 38.1 Å². The van der Waals surface area contributed by atoms with E-state index >= 15 is 0 Å². The highest BCUT2D eigenvalue weighted by atomic mass is 16.6. The Morgan fingerprint density at radius 2 is 1.95 bits per heavy atom. The largest absolute Gasteiger partial charge is 0.512 e. The average molecular weight is 290 g/mol. The number of aliphatic hydroxyl groups excluding tert-OH is 2. The van der Waals surface area contributed by atoms with Crippen molar-refractivity contribution in [1.82, 2.24) is 0 Å². The van der Waals surface area contributed by atoms with Gasteiger partial charge < -0.3 is 14.9 Å². The number of esters is 1. The van der Waals surface area contributed by atoms with E-state index in [0.717, 1.165) is 17.2 Å². The molecule has 0 aromatic heterocycles. The highest BCUT2D eigenvalue weighted by Crippen LogP contribution is 2.36. The summed E-state index contributed by atoms with van der Waals surface area (Å²) in [6.45, 7) is 3.98. The summed E-state index contributed by atoms with van der Waals surface area (Å²) in [5.74, 6) is -0.308. The molecule has 0 bridgehead atoms. The zero-order valence-corrected chi connectivity index (χ0v) is 12.5. The number of hydrogen-bond donors (Lipinski definition) is 2. The lowest BCUT2D eigenvalue weighted by atomic mass is 9.79. The van der Waals surface area contributed by atoms with Crippen molar-refractivity contribution in [2.45, 2.75) is 45.3 Å². The molecular formula is C17H22O4. The molecule has 4 nitrogen and oxygen atoms in total. The van der Waals surface area contributed by atoms with Crippen molar-refractivity contribution >= 4 is 5.97 Å². The van der Waals surface area contributed by atoms with Crippen LogP contribution in [0.4, 0.5) is 0 Å². The van der Waals surface area contributed by atoms with Crippen LogP contribution in [0.25, 0.3) is 0 Å². The Labute approximate surface area is 125 Å². The fourth-order valence-corrected chi connectivity index (χ4v) is 2.81. The second kappa shape index (κ2) is 6.31. The van der Waals surface area contributed by atoms with Gasteiger partial charge in [-0.25, -0.2) is 4.79 Å². The molecule has 4 heteroatoms. The fourth-order valence-electron chi connectivity index (χ4n) is 2.81. The average Bonchev–Trinajstić information content (AvgIpc) is 2.44. The maximum absolute atomic E-state index is 11.6. The highest BCUT2D eigenvalue weighted by molar-refractivity contribution is 5.83. The zero-order chi connectivity index (χ0) is 15.5. The van der Waals surface area contributed by atoms with E-state index in [9.17, 15) is 15.0 Å². The van der Waals surface area contributed by atoms with E-state index in [0.29, 0.717) is 19.3 Å². The summed E-state index contributed by atoms with van der Waals surface area (Å²) in [6.07, 6.45) is 2.79. The van der Waals surface area contributed by atoms with Gasteiger partial charge in [0, 0.05) is 6.42 Å². The smallest absolute Gasteiger partial charge is 0.334 e. The summed E-state index contributed by atoms with van der Waals surface area (Å²) in [4.78, 5) is 11.6. The SMILES string of the molecule is CC(C)[C@]1(CCc2ccccc2CO)CC(O)=CC(=O)O1. The molecule has 2 rings (SSSR count). The number of rotatable bonds is 5. The molecule has 21 heavy (non-hydrogen) atoms. The number of hydrogen-bond acceptors (Lipinski definition) is 4. The summed E-state index contributed by atoms with van der Waals surface area (Å²) in [5, 5.41) is 19.2. The number of ether oxygens (including phenoxy) is 1. The van der Waals surface area contributed by atoms with Gasteiger partial charge in [0.2, 0.25) is 0 Å². The topological polar surface area (TPSA) is 66.8 Å². The molecule has 1 heterocycles. The first-order chi connectivity index (χ1) is 9.97. The lowest BCUT2D eigenvalue weighted by Gasteiger charge is -2.39. The Hall–Kier alpha value is -1.81. The van der Waals surface area contributed by atoms with Crippen LogP contribution in [0.1, 0.15) is 37.8 Å². The molecule has 1 aliphatic rings. The number of cyclic esters (lactones) is 1. The van der Waals surface area contributed by atoms with Crippen LogP contribution >= 0.6 is 0 Å². The van der Waals surface area contributed by atoms with Gasteiger partial charge >= 0.3 is 5.97 Å². The Kier molecular flexibility index (Phi) is 4.68. The Bertz CT molecular complexity index is 547. The third-order valence-electron chi connectivity index (χ3n) is 4.23. The van der Waals surface area contributed by atoms with Crippen LogP contribution in [-0.2, 0) is 22.6 Å². The quantitative estimate of drug-likeness (QED) is 0.818. The molecular weight excluding hydrogens is 268 g/mol. The maximum Gasteiger partial charge on any atom is 0.334 e. The summed E-state index contributed by atoms with van der Waals surface area (Å²) in [5.41, 5.74) is 1.25. The molecule has 0 saturated carbocycles. The van der Waals surface area contributed by atoms with Crippen LogP contribution in [0.2, 0.25) is 0 Å². The third kappa shape index (κ3) is 3.45. The molecule has 1 aliphatic heterocycles. The minimum atomic E-state index is -0.682. The van der Waals surface area contributed by atoms with Gasteiger partial charge in [0.15, 0.2) is 0 Å². The predicted molar refractivity (Wildman–Crippen MR) is 79.7 cm³/mol. The second-order valence-electron chi connectivity index (χ2n) is 5.88. The molecule has 0 radical (unpaired) electrons. The van der Waals surface area contributed by atoms with Crippen molar-refractivity contribution in [3.05, 3.63) is 47.2 Å². The van der Waals surface area contributed by atoms with Crippen LogP contribution < -0.4 is 0 Å². The lowest BCUT2D eigenvalue weighted by molar-refractivity contribution is -0.163. The van der Waals surface area contributed by atoms with Gasteiger partial charge in [-0.15, -0.1) is 0 Å². The van der Waals surface area contributed by atoms with Crippen molar-refractivity contribution in [2.75, 3.05) is 0 Å². The van der Waals surface area contributed by atoms with Crippen LogP contribution in [0.3, 0.4) is 0 Å². The molecule has 114 valence electrons. The number of carbonyl (C=O) groups is 1. The van der Waals surface area contributed by atoms with E-state index < -0.39 is 11.6 Å². The van der Waals surface area contributed by atoms with Gasteiger partial charge in [-0.1, -0.05) is 38.1 Å². The van der Waals surface area contributed by atoms with Gasteiger partial charge in [0.1, 0.15) is 11.4 Å². The number of aryl methyl sites for hydroxylation is 1. The van der Waals surface area contributed by atoms with Crippen molar-refractivity contribution in [3.63, 3.8) is 0 Å². The standard InChI is InChI=1S/C17H22O4/c1-12(2)17(10-15(19)9-16(20)21-17)8-7-13-5-3-4-6-14(13)11-18/h3-6,9,12,18-19H,7-8,10-11H2,1-2H3/t17-/m0/s1. The normalized spacial score (nSPS) is 22.1. The van der Waals surface area contributed by atoms with E-state index in [-0.39, 0.29) is 18.3 Å². The zero-order valence-electron chi connectivity index (χ0n) is 12.5. The van der Waals surface area contributed by atoms with E-state index in [2.05, 4.69) is 0 Å². The Morgan fingerprint density at radius 1 is 1.29 bits per heavy atom. The summed E-state index contributed by atoms with van der Waals surface area (Å²) in [7, 11) is 0. The molecule has 2 N–H and O–H groups in total. The van der Waals surface area contributed by atoms with Crippen LogP contribution in [-0.4, -0.2) is 21.8 Å². The molecule has 1 aromatic carbocycles. The fraction of sp³-hybridized carbons (Fsp3) is 0.471. The second-order valence-corrected chi connectivity index (χ2v) is 5.88. The molecule has 0 aliphatic carbocycles. The van der Waals surface area contributed by atoms with Gasteiger partial charge in [-0.3, -0.25) is 0 Å². The van der Waals surface area contributed by atoms with Gasteiger partial charge in [0.05, 0.1) is 12.7 Å². The van der Waals surface area contributed by atoms with Gasteiger partial charge in [-0.05, 0) is 29.9 Å². The number of aliphatic hydroxyl groups is 2. The Balaban J connectivity index is 2.18. The lowest BCUT2D eigenvalue weighted by Crippen LogP contribution is -2.43. The van der Waals surface area contributed by atoms with Crippen molar-refractivity contribution in [3.8, 4) is 0 Å². The number of benzene rings is 1. The molecule has 0 amide bonds. The summed E-state index contributed by atoms with van der Waals surface area (Å²) < 4.78 is 5.56. The predicted octanol–water partition coefficient (Wildman–Crippen LogP) is 2.90. The molecule has 1 atom stereocenters. The molecule has 0 saturated heterocycles. The van der Waals surface area contributed by atoms with Crippen LogP contribution in [0.5, 0.6) is 0 Å². The van der Waals surface area contributed by atoms with Crippen molar-refractivity contribution in [1.29, 1.82) is 0 Å². The molecule has 0 spiro atoms. The highest BCUT2D eigenvalue weighted by Gasteiger charge is 2.41. The third-order valence-corrected chi connectivity index (χ3v) is 4.23. The summed E-state index contributed by atoms with van der Waals surface area (Å²) >= 11 is 0. The van der Waals surface area contributed by atoms with E-state index in [4.69, 9.17) is 4.74 Å². The van der Waals surface area contributed by atoms with Gasteiger partial charge in [-0.2, -0.15) is 0 Å².